The van der Waals surface area contributed by atoms with Crippen molar-refractivity contribution in [3.63, 3.8) is 0 Å². The van der Waals surface area contributed by atoms with E-state index in [1.807, 2.05) is 13.0 Å². The number of carbonyl (C=O) groups is 2. The Morgan fingerprint density at radius 1 is 1.17 bits per heavy atom. The Morgan fingerprint density at radius 2 is 1.93 bits per heavy atom. The van der Waals surface area contributed by atoms with E-state index in [1.165, 1.54) is 7.11 Å². The summed E-state index contributed by atoms with van der Waals surface area (Å²) in [6, 6.07) is 11.5. The molecule has 0 aromatic heterocycles. The van der Waals surface area contributed by atoms with Crippen LogP contribution < -0.4 is 26.4 Å². The van der Waals surface area contributed by atoms with Crippen LogP contribution >= 0.6 is 0 Å². The zero-order valence-corrected chi connectivity index (χ0v) is 16.9. The predicted octanol–water partition coefficient (Wildman–Crippen LogP) is 3.50. The molecule has 2 atom stereocenters. The molecule has 1 unspecified atom stereocenters. The molecular weight excluding hydrogens is 388 g/mol. The first kappa shape index (κ1) is 21.3. The van der Waals surface area contributed by atoms with E-state index in [1.54, 1.807) is 36.4 Å². The maximum Gasteiger partial charge on any atom is 0.407 e. The Hall–Kier alpha value is -3.46. The van der Waals surface area contributed by atoms with E-state index in [9.17, 15) is 9.59 Å². The number of urea groups is 1. The van der Waals surface area contributed by atoms with Crippen LogP contribution in [-0.4, -0.2) is 38.6 Å². The lowest BCUT2D eigenvalue weighted by Crippen LogP contribution is -2.31. The molecule has 0 aliphatic carbocycles. The third kappa shape index (κ3) is 5.77. The second-order valence-electron chi connectivity index (χ2n) is 6.92. The highest BCUT2D eigenvalue weighted by Crippen LogP contribution is 2.25. The van der Waals surface area contributed by atoms with Gasteiger partial charge in [0.2, 0.25) is 0 Å². The van der Waals surface area contributed by atoms with Crippen molar-refractivity contribution in [2.45, 2.75) is 25.5 Å². The van der Waals surface area contributed by atoms with Crippen LogP contribution in [0.15, 0.2) is 42.5 Å². The summed E-state index contributed by atoms with van der Waals surface area (Å²) in [6.07, 6.45) is 0.00295. The lowest BCUT2D eigenvalue weighted by molar-refractivity contribution is 0.0812. The Balaban J connectivity index is 1.56. The van der Waals surface area contributed by atoms with Gasteiger partial charge in [0.15, 0.2) is 0 Å². The molecule has 9 heteroatoms. The van der Waals surface area contributed by atoms with Gasteiger partial charge >= 0.3 is 12.1 Å². The molecule has 1 aliphatic heterocycles. The first-order chi connectivity index (χ1) is 14.4. The maximum absolute atomic E-state index is 12.3. The fourth-order valence-electron chi connectivity index (χ4n) is 3.02. The molecule has 1 fully saturated rings. The summed E-state index contributed by atoms with van der Waals surface area (Å²) >= 11 is 0. The highest BCUT2D eigenvalue weighted by Gasteiger charge is 2.21. The van der Waals surface area contributed by atoms with Crippen LogP contribution in [0.4, 0.5) is 26.7 Å². The molecule has 0 saturated carbocycles. The monoisotopic (exact) mass is 414 g/mol. The number of hydrogen-bond donors (Lipinski definition) is 4. The predicted molar refractivity (Wildman–Crippen MR) is 114 cm³/mol. The van der Waals surface area contributed by atoms with Crippen LogP contribution in [-0.2, 0) is 9.47 Å². The molecule has 1 saturated heterocycles. The Bertz CT molecular complexity index is 899. The molecule has 160 valence electrons. The van der Waals surface area contributed by atoms with E-state index in [4.69, 9.17) is 19.9 Å². The first-order valence-corrected chi connectivity index (χ1v) is 9.61. The van der Waals surface area contributed by atoms with Crippen molar-refractivity contribution in [1.29, 1.82) is 0 Å². The van der Waals surface area contributed by atoms with Gasteiger partial charge in [-0.15, -0.1) is 0 Å². The van der Waals surface area contributed by atoms with Gasteiger partial charge in [0.25, 0.3) is 0 Å². The van der Waals surface area contributed by atoms with Gasteiger partial charge in [0.1, 0.15) is 11.9 Å². The van der Waals surface area contributed by atoms with Crippen molar-refractivity contribution >= 4 is 29.2 Å². The number of nitrogen functional groups attached to an aromatic ring is 1. The Morgan fingerprint density at radius 3 is 2.63 bits per heavy atom. The second-order valence-corrected chi connectivity index (χ2v) is 6.92. The van der Waals surface area contributed by atoms with Crippen molar-refractivity contribution in [2.75, 3.05) is 36.7 Å². The van der Waals surface area contributed by atoms with Crippen molar-refractivity contribution in [3.8, 4) is 5.75 Å². The molecule has 3 rings (SSSR count). The smallest absolute Gasteiger partial charge is 0.407 e. The quantitative estimate of drug-likeness (QED) is 0.537. The minimum atomic E-state index is -0.494. The number of nitrogens with two attached hydrogens (primary N) is 1. The van der Waals surface area contributed by atoms with Gasteiger partial charge in [0, 0.05) is 23.9 Å². The van der Waals surface area contributed by atoms with Gasteiger partial charge in [-0.1, -0.05) is 12.1 Å². The zero-order valence-electron chi connectivity index (χ0n) is 16.9. The summed E-state index contributed by atoms with van der Waals surface area (Å²) in [5, 5.41) is 8.28. The van der Waals surface area contributed by atoms with Crippen LogP contribution in [0.1, 0.15) is 24.9 Å². The van der Waals surface area contributed by atoms with Crippen LogP contribution in [0.2, 0.25) is 0 Å². The molecule has 5 N–H and O–H groups in total. The summed E-state index contributed by atoms with van der Waals surface area (Å²) in [4.78, 5) is 24.4. The molecule has 1 aliphatic rings. The number of rotatable bonds is 6. The first-order valence-electron chi connectivity index (χ1n) is 9.61. The fourth-order valence-corrected chi connectivity index (χ4v) is 3.02. The topological polar surface area (TPSA) is 124 Å². The number of methoxy groups -OCH3 is 1. The van der Waals surface area contributed by atoms with Crippen molar-refractivity contribution in [1.82, 2.24) is 5.32 Å². The number of benzene rings is 2. The standard InChI is InChI=1S/C21H26N4O5/c1-13(23-21(27)30-17-8-9-29-12-17)14-4-3-5-15(10-14)24-20(26)25-16-6-7-18(22)19(11-16)28-2/h3-7,10-11,13,17H,8-9,12,22H2,1-2H3,(H,23,27)(H2,24,25,26)/t13-,17?/m0/s1. The number of anilines is 3. The SMILES string of the molecule is COc1cc(NC(=O)Nc2cccc([C@H](C)NC(=O)OC3CCOC3)c2)ccc1N. The lowest BCUT2D eigenvalue weighted by atomic mass is 10.1. The molecule has 0 bridgehead atoms. The average Bonchev–Trinajstić information content (AvgIpc) is 3.22. The van der Waals surface area contributed by atoms with Gasteiger partial charge in [-0.2, -0.15) is 0 Å². The molecule has 0 radical (unpaired) electrons. The van der Waals surface area contributed by atoms with Gasteiger partial charge in [-0.25, -0.2) is 9.59 Å². The van der Waals surface area contributed by atoms with Crippen LogP contribution in [0, 0.1) is 0 Å². The molecule has 1 heterocycles. The fraction of sp³-hybridized carbons (Fsp3) is 0.333. The van der Waals surface area contributed by atoms with Crippen molar-refractivity contribution in [3.05, 3.63) is 48.0 Å². The van der Waals surface area contributed by atoms with E-state index in [-0.39, 0.29) is 12.1 Å². The minimum absolute atomic E-state index is 0.208. The summed E-state index contributed by atoms with van der Waals surface area (Å²) in [5.74, 6) is 0.478. The largest absolute Gasteiger partial charge is 0.495 e. The van der Waals surface area contributed by atoms with Crippen LogP contribution in [0.25, 0.3) is 0 Å². The number of nitrogens with one attached hydrogen (secondary N) is 3. The second kappa shape index (κ2) is 9.84. The number of hydrogen-bond acceptors (Lipinski definition) is 6. The molecular formula is C21H26N4O5. The highest BCUT2D eigenvalue weighted by molar-refractivity contribution is 6.00. The Labute approximate surface area is 174 Å². The van der Waals surface area contributed by atoms with E-state index >= 15 is 0 Å². The summed E-state index contributed by atoms with van der Waals surface area (Å²) < 4.78 is 15.7. The third-order valence-electron chi connectivity index (χ3n) is 4.63. The summed E-state index contributed by atoms with van der Waals surface area (Å²) in [5.41, 5.74) is 8.21. The molecule has 30 heavy (non-hydrogen) atoms. The Kier molecular flexibility index (Phi) is 6.97. The summed E-state index contributed by atoms with van der Waals surface area (Å²) in [6.45, 7) is 2.87. The maximum atomic E-state index is 12.3. The number of ether oxygens (including phenoxy) is 3. The van der Waals surface area contributed by atoms with Crippen LogP contribution in [0.3, 0.4) is 0 Å². The average molecular weight is 414 g/mol. The zero-order chi connectivity index (χ0) is 21.5. The van der Waals surface area contributed by atoms with Gasteiger partial charge in [0.05, 0.1) is 32.1 Å². The molecule has 2 aromatic rings. The van der Waals surface area contributed by atoms with Gasteiger partial charge in [-0.3, -0.25) is 0 Å². The minimum Gasteiger partial charge on any atom is -0.495 e. The lowest BCUT2D eigenvalue weighted by Gasteiger charge is -2.17. The van der Waals surface area contributed by atoms with Gasteiger partial charge in [-0.05, 0) is 36.8 Å². The third-order valence-corrected chi connectivity index (χ3v) is 4.63. The van der Waals surface area contributed by atoms with E-state index in [0.29, 0.717) is 42.4 Å². The highest BCUT2D eigenvalue weighted by atomic mass is 16.6. The van der Waals surface area contributed by atoms with Crippen molar-refractivity contribution < 1.29 is 23.8 Å². The van der Waals surface area contributed by atoms with Crippen LogP contribution in [0.5, 0.6) is 5.75 Å². The van der Waals surface area contributed by atoms with Gasteiger partial charge < -0.3 is 35.9 Å². The molecule has 0 spiro atoms. The van der Waals surface area contributed by atoms with Crippen molar-refractivity contribution in [2.24, 2.45) is 0 Å². The van der Waals surface area contributed by atoms with E-state index in [2.05, 4.69) is 16.0 Å². The molecule has 2 aromatic carbocycles. The normalized spacial score (nSPS) is 16.4. The molecule has 9 nitrogen and oxygen atoms in total. The molecule has 3 amide bonds. The number of alkyl carbamates (subject to hydrolysis) is 1. The van der Waals surface area contributed by atoms with E-state index in [0.717, 1.165) is 5.56 Å². The number of carbonyl (C=O) groups excluding carboxylic acids is 2. The number of amides is 3. The summed E-state index contributed by atoms with van der Waals surface area (Å²) in [7, 11) is 1.51. The van der Waals surface area contributed by atoms with E-state index < -0.39 is 12.1 Å².